The van der Waals surface area contributed by atoms with E-state index in [1.165, 1.54) is 0 Å². The van der Waals surface area contributed by atoms with Crippen molar-refractivity contribution in [2.45, 2.75) is 19.8 Å². The minimum absolute atomic E-state index is 0.162. The smallest absolute Gasteiger partial charge is 0.286 e. The van der Waals surface area contributed by atoms with Crippen LogP contribution in [0.2, 0.25) is 10.0 Å². The predicted octanol–water partition coefficient (Wildman–Crippen LogP) is 3.87. The lowest BCUT2D eigenvalue weighted by atomic mass is 10.2. The van der Waals surface area contributed by atoms with Crippen molar-refractivity contribution in [3.8, 4) is 0 Å². The summed E-state index contributed by atoms with van der Waals surface area (Å²) in [4.78, 5) is 12.9. The molecule has 0 radical (unpaired) electrons. The van der Waals surface area contributed by atoms with Crippen LogP contribution in [-0.2, 0) is 0 Å². The van der Waals surface area contributed by atoms with Crippen LogP contribution in [0.1, 0.15) is 35.4 Å². The van der Waals surface area contributed by atoms with Gasteiger partial charge in [-0.05, 0) is 18.2 Å². The highest BCUT2D eigenvalue weighted by molar-refractivity contribution is 7.18. The zero-order chi connectivity index (χ0) is 15.9. The molecule has 0 aliphatic carbocycles. The van der Waals surface area contributed by atoms with Crippen molar-refractivity contribution in [1.29, 1.82) is 0 Å². The quantitative estimate of drug-likeness (QED) is 0.773. The molecule has 1 N–H and O–H groups in total. The molecule has 0 bridgehead atoms. The first-order valence-electron chi connectivity index (χ1n) is 6.44. The van der Waals surface area contributed by atoms with Gasteiger partial charge >= 0.3 is 0 Å². The van der Waals surface area contributed by atoms with Crippen LogP contribution in [0.4, 0.5) is 5.69 Å². The Kier molecular flexibility index (Phi) is 4.03. The van der Waals surface area contributed by atoms with E-state index in [0.717, 1.165) is 11.3 Å². The monoisotopic (exact) mass is 355 g/mol. The Morgan fingerprint density at radius 2 is 2.09 bits per heavy atom. The Balaban J connectivity index is 1.90. The van der Waals surface area contributed by atoms with Crippen LogP contribution in [0.5, 0.6) is 0 Å². The van der Waals surface area contributed by atoms with Crippen LogP contribution in [0, 0.1) is 0 Å². The van der Waals surface area contributed by atoms with E-state index in [2.05, 4.69) is 20.6 Å². The SMILES string of the molecule is CC(C)c1nnc2sc(C(=O)Nc3cc(Cl)ccc3Cl)nn12. The molecule has 2 heterocycles. The van der Waals surface area contributed by atoms with Crippen molar-refractivity contribution in [2.75, 3.05) is 5.32 Å². The largest absolute Gasteiger partial charge is 0.318 e. The number of nitrogens with zero attached hydrogens (tertiary/aromatic N) is 4. The normalized spacial score (nSPS) is 11.3. The Labute approximate surface area is 140 Å². The van der Waals surface area contributed by atoms with Gasteiger partial charge in [-0.3, -0.25) is 4.79 Å². The molecule has 6 nitrogen and oxygen atoms in total. The van der Waals surface area contributed by atoms with Crippen LogP contribution < -0.4 is 5.32 Å². The Hall–Kier alpha value is -1.70. The van der Waals surface area contributed by atoms with E-state index < -0.39 is 0 Å². The average molecular weight is 356 g/mol. The maximum atomic E-state index is 12.3. The molecule has 0 aliphatic rings. The van der Waals surface area contributed by atoms with Gasteiger partial charge in [-0.15, -0.1) is 15.3 Å². The third kappa shape index (κ3) is 2.79. The number of aromatic nitrogens is 4. The van der Waals surface area contributed by atoms with Gasteiger partial charge in [0.25, 0.3) is 5.91 Å². The van der Waals surface area contributed by atoms with E-state index in [9.17, 15) is 4.79 Å². The van der Waals surface area contributed by atoms with Crippen LogP contribution in [0.15, 0.2) is 18.2 Å². The number of carbonyl (C=O) groups is 1. The standard InChI is InChI=1S/C13H11Cl2N5OS/c1-6(2)10-17-18-13-20(10)19-12(22-13)11(21)16-9-5-7(14)3-4-8(9)15/h3-6H,1-2H3,(H,16,21). The minimum Gasteiger partial charge on any atom is -0.318 e. The second-order valence-electron chi connectivity index (χ2n) is 4.89. The number of hydrogen-bond donors (Lipinski definition) is 1. The molecule has 22 heavy (non-hydrogen) atoms. The summed E-state index contributed by atoms with van der Waals surface area (Å²) in [7, 11) is 0. The van der Waals surface area contributed by atoms with Crippen molar-refractivity contribution in [3.05, 3.63) is 39.1 Å². The van der Waals surface area contributed by atoms with E-state index in [4.69, 9.17) is 23.2 Å². The lowest BCUT2D eigenvalue weighted by Crippen LogP contribution is -2.13. The van der Waals surface area contributed by atoms with E-state index in [0.29, 0.717) is 26.5 Å². The average Bonchev–Trinajstić information content (AvgIpc) is 3.02. The molecule has 9 heteroatoms. The molecule has 1 amide bonds. The molecule has 3 aromatic rings. The van der Waals surface area contributed by atoms with Crippen LogP contribution in [-0.4, -0.2) is 25.7 Å². The van der Waals surface area contributed by atoms with Crippen molar-refractivity contribution in [1.82, 2.24) is 19.8 Å². The third-order valence-electron chi connectivity index (χ3n) is 2.90. The van der Waals surface area contributed by atoms with Crippen LogP contribution >= 0.6 is 34.5 Å². The maximum Gasteiger partial charge on any atom is 0.286 e. The number of rotatable bonds is 3. The van der Waals surface area contributed by atoms with Gasteiger partial charge in [-0.25, -0.2) is 0 Å². The summed E-state index contributed by atoms with van der Waals surface area (Å²) in [5.41, 5.74) is 0.439. The van der Waals surface area contributed by atoms with Crippen molar-refractivity contribution >= 4 is 51.1 Å². The van der Waals surface area contributed by atoms with E-state index >= 15 is 0 Å². The Morgan fingerprint density at radius 1 is 1.32 bits per heavy atom. The first kappa shape index (κ1) is 15.2. The number of fused-ring (bicyclic) bond motifs is 1. The van der Waals surface area contributed by atoms with Crippen molar-refractivity contribution in [3.63, 3.8) is 0 Å². The summed E-state index contributed by atoms with van der Waals surface area (Å²) in [5.74, 6) is 0.510. The fraction of sp³-hybridized carbons (Fsp3) is 0.231. The lowest BCUT2D eigenvalue weighted by molar-refractivity contribution is 0.102. The molecule has 0 unspecified atom stereocenters. The van der Waals surface area contributed by atoms with E-state index in [1.807, 2.05) is 13.8 Å². The molecule has 0 fully saturated rings. The van der Waals surface area contributed by atoms with Gasteiger partial charge in [-0.1, -0.05) is 48.4 Å². The number of halogens is 2. The Bertz CT molecular complexity index is 857. The topological polar surface area (TPSA) is 72.2 Å². The zero-order valence-electron chi connectivity index (χ0n) is 11.7. The van der Waals surface area contributed by atoms with Gasteiger partial charge in [0.2, 0.25) is 9.97 Å². The Morgan fingerprint density at radius 3 is 2.82 bits per heavy atom. The van der Waals surface area contributed by atoms with Crippen LogP contribution in [0.25, 0.3) is 4.96 Å². The first-order valence-corrected chi connectivity index (χ1v) is 8.01. The number of benzene rings is 1. The molecule has 2 aromatic heterocycles. The summed E-state index contributed by atoms with van der Waals surface area (Å²) >= 11 is 13.1. The second kappa shape index (κ2) is 5.83. The first-order chi connectivity index (χ1) is 10.5. The molecular formula is C13H11Cl2N5OS. The van der Waals surface area contributed by atoms with Crippen LogP contribution in [0.3, 0.4) is 0 Å². The number of nitrogens with one attached hydrogen (secondary N) is 1. The fourth-order valence-corrected chi connectivity index (χ4v) is 2.93. The molecule has 0 aliphatic heterocycles. The molecule has 1 aromatic carbocycles. The van der Waals surface area contributed by atoms with Gasteiger partial charge in [0.15, 0.2) is 5.82 Å². The molecule has 0 atom stereocenters. The number of carbonyl (C=O) groups excluding carboxylic acids is 1. The summed E-state index contributed by atoms with van der Waals surface area (Å²) in [6.07, 6.45) is 0. The highest BCUT2D eigenvalue weighted by Gasteiger charge is 2.19. The molecule has 0 saturated heterocycles. The molecule has 0 spiro atoms. The number of amides is 1. The van der Waals surface area contributed by atoms with Gasteiger partial charge in [0.1, 0.15) is 0 Å². The zero-order valence-corrected chi connectivity index (χ0v) is 14.0. The van der Waals surface area contributed by atoms with E-state index in [1.54, 1.807) is 22.7 Å². The predicted molar refractivity (Wildman–Crippen MR) is 87.2 cm³/mol. The van der Waals surface area contributed by atoms with Gasteiger partial charge in [0, 0.05) is 10.9 Å². The minimum atomic E-state index is -0.366. The second-order valence-corrected chi connectivity index (χ2v) is 6.69. The molecular weight excluding hydrogens is 345 g/mol. The third-order valence-corrected chi connectivity index (χ3v) is 4.36. The summed E-state index contributed by atoms with van der Waals surface area (Å²) < 4.78 is 1.59. The summed E-state index contributed by atoms with van der Waals surface area (Å²) in [5, 5.41) is 16.2. The molecule has 114 valence electrons. The molecule has 0 saturated carbocycles. The maximum absolute atomic E-state index is 12.3. The highest BCUT2D eigenvalue weighted by atomic mass is 35.5. The van der Waals surface area contributed by atoms with E-state index in [-0.39, 0.29) is 16.8 Å². The highest BCUT2D eigenvalue weighted by Crippen LogP contribution is 2.26. The lowest BCUT2D eigenvalue weighted by Gasteiger charge is -2.05. The van der Waals surface area contributed by atoms with Crippen molar-refractivity contribution < 1.29 is 4.79 Å². The number of anilines is 1. The fourth-order valence-electron chi connectivity index (χ4n) is 1.85. The number of hydrogen-bond acceptors (Lipinski definition) is 5. The summed E-state index contributed by atoms with van der Waals surface area (Å²) in [6.45, 7) is 3.97. The van der Waals surface area contributed by atoms with Crippen molar-refractivity contribution in [2.24, 2.45) is 0 Å². The van der Waals surface area contributed by atoms with Gasteiger partial charge in [0.05, 0.1) is 10.7 Å². The summed E-state index contributed by atoms with van der Waals surface area (Å²) in [6, 6.07) is 4.86. The van der Waals surface area contributed by atoms with Gasteiger partial charge < -0.3 is 5.32 Å². The molecule has 3 rings (SSSR count). The van der Waals surface area contributed by atoms with Gasteiger partial charge in [-0.2, -0.15) is 4.52 Å².